The largest absolute Gasteiger partial charge is 0.187 e. The van der Waals surface area contributed by atoms with E-state index in [1.165, 1.54) is 0 Å². The van der Waals surface area contributed by atoms with E-state index in [0.29, 0.717) is 0 Å². The summed E-state index contributed by atoms with van der Waals surface area (Å²) in [6, 6.07) is 0. The molecule has 0 aromatic heterocycles. The molecule has 0 nitrogen and oxygen atoms in total. The smallest absolute Gasteiger partial charge is 0.147 e. The van der Waals surface area contributed by atoms with Crippen LogP contribution in [0.5, 0.6) is 0 Å². The van der Waals surface area contributed by atoms with Crippen LogP contribution in [0.15, 0.2) is 0 Å². The molecule has 0 atom stereocenters. The van der Waals surface area contributed by atoms with Crippen molar-refractivity contribution < 1.29 is 0 Å². The van der Waals surface area contributed by atoms with Crippen LogP contribution in [-0.2, 0) is 0 Å². The van der Waals surface area contributed by atoms with E-state index >= 15 is 0 Å². The van der Waals surface area contributed by atoms with Crippen molar-refractivity contribution in [1.29, 1.82) is 0 Å². The average molecular weight is 177 g/mol. The molecule has 28 valence electrons. The number of rotatable bonds is 0. The lowest BCUT2D eigenvalue weighted by atomic mass is 27.0. The predicted molar refractivity (Wildman–Crippen MR) is 37.4 cm³/mol. The normalized spacial score (nSPS) is 0. The van der Waals surface area contributed by atoms with Crippen LogP contribution in [0.4, 0.5) is 0 Å². The molecular weight excluding hydrogens is 169 g/mol. The first-order valence-electron chi connectivity index (χ1n) is 0. The minimum atomic E-state index is 0. The first kappa shape index (κ1) is 40.5. The van der Waals surface area contributed by atoms with Crippen LogP contribution < -0.4 is 0 Å². The molecule has 0 amide bonds. The number of hydrogen-bond donors (Lipinski definition) is 0. The summed E-state index contributed by atoms with van der Waals surface area (Å²) in [6.45, 7) is 0. The molecule has 0 N–H and O–H groups in total. The van der Waals surface area contributed by atoms with Crippen LogP contribution in [0.2, 0.25) is 0 Å². The van der Waals surface area contributed by atoms with Gasteiger partial charge in [-0.1, -0.05) is 0 Å². The molecule has 0 spiro atoms. The van der Waals surface area contributed by atoms with Gasteiger partial charge in [-0.2, -0.15) is 0 Å². The van der Waals surface area contributed by atoms with Gasteiger partial charge in [-0.3, -0.25) is 0 Å². The van der Waals surface area contributed by atoms with Gasteiger partial charge in [-0.15, -0.1) is 29.4 Å². The zero-order valence-electron chi connectivity index (χ0n) is 0.816. The first-order valence-corrected chi connectivity index (χ1v) is 0. The fourth-order valence-corrected chi connectivity index (χ4v) is 0. The van der Waals surface area contributed by atoms with Gasteiger partial charge >= 0.3 is 0 Å². The van der Waals surface area contributed by atoms with Gasteiger partial charge in [0.25, 0.3) is 0 Å². The molecule has 0 aliphatic carbocycles. The van der Waals surface area contributed by atoms with E-state index in [-0.39, 0.29) is 64.1 Å². The highest BCUT2D eigenvalue weighted by Gasteiger charge is 0.188. The van der Waals surface area contributed by atoms with E-state index in [2.05, 4.69) is 0 Å². The summed E-state index contributed by atoms with van der Waals surface area (Å²) in [5.74, 6) is 0. The van der Waals surface area contributed by atoms with E-state index in [1.54, 1.807) is 0 Å². The van der Waals surface area contributed by atoms with Crippen LogP contribution in [0, 0.1) is 0 Å². The SMILES string of the molecule is Br.Cl.[AlH3].[AlH3]. The maximum Gasteiger partial charge on any atom is 0.187 e. The fourth-order valence-electron chi connectivity index (χ4n) is 0. The van der Waals surface area contributed by atoms with Gasteiger partial charge in [0.05, 0.1) is 0 Å². The lowest BCUT2D eigenvalue weighted by Gasteiger charge is -0.147. The molecule has 4 heavy (non-hydrogen) atoms. The third kappa shape index (κ3) is 9.15. The van der Waals surface area contributed by atoms with E-state index in [4.69, 9.17) is 0 Å². The molecule has 0 radical (unpaired) electrons. The third-order valence-electron chi connectivity index (χ3n) is 0. The van der Waals surface area contributed by atoms with Crippen molar-refractivity contribution in [2.24, 2.45) is 0 Å². The lowest BCUT2D eigenvalue weighted by Crippen LogP contribution is -0.382. The average Bonchev–Trinajstić information content (AvgIpc) is 0. The van der Waals surface area contributed by atoms with E-state index in [1.807, 2.05) is 0 Å². The van der Waals surface area contributed by atoms with Gasteiger partial charge in [-0.05, 0) is 0 Å². The van der Waals surface area contributed by atoms with Crippen molar-refractivity contribution >= 4 is 64.1 Å². The highest BCUT2D eigenvalue weighted by Crippen LogP contribution is 0.846. The number of hydrogen-bond acceptors (Lipinski definition) is 0. The Hall–Kier alpha value is 1.83. The second-order valence-corrected chi connectivity index (χ2v) is 0. The van der Waals surface area contributed by atoms with Crippen LogP contribution in [0.3, 0.4) is 0 Å². The Morgan fingerprint density at radius 3 is 0.750 bits per heavy atom. The third-order valence-corrected chi connectivity index (χ3v) is 0. The summed E-state index contributed by atoms with van der Waals surface area (Å²) in [5.41, 5.74) is 0. The van der Waals surface area contributed by atoms with Gasteiger partial charge in [0.1, 0.15) is 0 Å². The maximum absolute atomic E-state index is 0. The summed E-state index contributed by atoms with van der Waals surface area (Å²) in [6.07, 6.45) is 0. The molecular formula is H8Al2BrCl. The second kappa shape index (κ2) is 21.1. The highest BCUT2D eigenvalue weighted by molar-refractivity contribution is 8.93. The Kier molecular flexibility index (Phi) is 214. The molecule has 0 aromatic rings. The Labute approximate surface area is 63.8 Å². The summed E-state index contributed by atoms with van der Waals surface area (Å²) < 4.78 is 0. The summed E-state index contributed by atoms with van der Waals surface area (Å²) in [5, 5.41) is 0. The molecule has 0 aliphatic heterocycles. The quantitative estimate of drug-likeness (QED) is 0.401. The van der Waals surface area contributed by atoms with E-state index < -0.39 is 0 Å². The fraction of sp³-hybridized carbons (Fsp3) is 0. The molecule has 0 heterocycles. The van der Waals surface area contributed by atoms with Crippen molar-refractivity contribution in [3.63, 3.8) is 0 Å². The number of halogens is 2. The lowest BCUT2D eigenvalue weighted by molar-refractivity contribution is 5.75. The zero-order chi connectivity index (χ0) is 0. The van der Waals surface area contributed by atoms with E-state index in [0.717, 1.165) is 0 Å². The standard InChI is InChI=1S/2Al.BrH.ClH.6H/h;;2*1H;;;;;;. The molecule has 0 bridgehead atoms. The molecule has 0 saturated carbocycles. The Bertz CT molecular complexity index is 6.00. The predicted octanol–water partition coefficient (Wildman–Crippen LogP) is -1.37. The Balaban J connectivity index is 0. The van der Waals surface area contributed by atoms with E-state index in [9.17, 15) is 0 Å². The van der Waals surface area contributed by atoms with Crippen molar-refractivity contribution in [1.82, 2.24) is 0 Å². The monoisotopic (exact) mass is 176 g/mol. The van der Waals surface area contributed by atoms with Crippen LogP contribution in [0.25, 0.3) is 0 Å². The highest BCUT2D eigenvalue weighted by atomic mass is 79.9. The molecule has 0 fully saturated rings. The summed E-state index contributed by atoms with van der Waals surface area (Å²) >= 11 is 0. The molecule has 0 aliphatic rings. The molecule has 0 rings (SSSR count). The van der Waals surface area contributed by atoms with Gasteiger partial charge in [0.2, 0.25) is 0 Å². The molecule has 4 heteroatoms. The minimum Gasteiger partial charge on any atom is -0.147 e. The second-order valence-electron chi connectivity index (χ2n) is 0. The van der Waals surface area contributed by atoms with Crippen LogP contribution >= 0.6 is 29.4 Å². The van der Waals surface area contributed by atoms with Gasteiger partial charge in [0, 0.05) is 0 Å². The topological polar surface area (TPSA) is 0 Å². The van der Waals surface area contributed by atoms with Crippen LogP contribution in [-0.4, -0.2) is 34.7 Å². The minimum absolute atomic E-state index is 0. The first-order chi connectivity index (χ1) is 0. The van der Waals surface area contributed by atoms with Gasteiger partial charge < -0.3 is 0 Å². The van der Waals surface area contributed by atoms with Crippen molar-refractivity contribution in [2.75, 3.05) is 0 Å². The molecule has 0 unspecified atom stereocenters. The van der Waals surface area contributed by atoms with Gasteiger partial charge in [-0.25, -0.2) is 0 Å². The molecule has 0 saturated heterocycles. The van der Waals surface area contributed by atoms with Crippen molar-refractivity contribution in [3.8, 4) is 0 Å². The zero-order valence-corrected chi connectivity index (χ0v) is 3.35. The molecule has 0 aromatic carbocycles. The van der Waals surface area contributed by atoms with Gasteiger partial charge in [0.15, 0.2) is 34.7 Å². The van der Waals surface area contributed by atoms with Crippen LogP contribution in [0.1, 0.15) is 0 Å². The Morgan fingerprint density at radius 2 is 0.750 bits per heavy atom. The maximum atomic E-state index is 0. The summed E-state index contributed by atoms with van der Waals surface area (Å²) in [4.78, 5) is 0. The van der Waals surface area contributed by atoms with Crippen molar-refractivity contribution in [2.45, 2.75) is 0 Å². The summed E-state index contributed by atoms with van der Waals surface area (Å²) in [7, 11) is 0. The Morgan fingerprint density at radius 1 is 0.750 bits per heavy atom. The van der Waals surface area contributed by atoms with Crippen molar-refractivity contribution in [3.05, 3.63) is 0 Å².